The summed E-state index contributed by atoms with van der Waals surface area (Å²) < 4.78 is 32.9. The van der Waals surface area contributed by atoms with Crippen molar-refractivity contribution < 1.29 is 13.2 Å². The Labute approximate surface area is 149 Å². The molecule has 0 aliphatic carbocycles. The molecule has 5 nitrogen and oxygen atoms in total. The zero-order valence-electron chi connectivity index (χ0n) is 14.8. The van der Waals surface area contributed by atoms with Crippen molar-refractivity contribution in [3.05, 3.63) is 35.5 Å². The minimum atomic E-state index is -3.14. The Morgan fingerprint density at radius 2 is 2.00 bits per heavy atom. The summed E-state index contributed by atoms with van der Waals surface area (Å²) >= 11 is 0. The topological polar surface area (TPSA) is 62.4 Å². The predicted molar refractivity (Wildman–Crippen MR) is 99.1 cm³/mol. The number of H-pyrrole nitrogens is 1. The van der Waals surface area contributed by atoms with Gasteiger partial charge in [0.05, 0.1) is 18.1 Å². The largest absolute Gasteiger partial charge is 0.368 e. The third kappa shape index (κ3) is 2.90. The highest BCUT2D eigenvalue weighted by molar-refractivity contribution is 7.89. The van der Waals surface area contributed by atoms with E-state index in [1.54, 1.807) is 4.31 Å². The lowest BCUT2D eigenvalue weighted by molar-refractivity contribution is -0.0915. The van der Waals surface area contributed by atoms with E-state index in [0.717, 1.165) is 37.6 Å². The molecule has 0 amide bonds. The van der Waals surface area contributed by atoms with Crippen molar-refractivity contribution in [3.8, 4) is 0 Å². The van der Waals surface area contributed by atoms with E-state index in [2.05, 4.69) is 23.2 Å². The summed E-state index contributed by atoms with van der Waals surface area (Å²) in [5.41, 5.74) is 3.31. The summed E-state index contributed by atoms with van der Waals surface area (Å²) in [6.45, 7) is 3.81. The fourth-order valence-electron chi connectivity index (χ4n) is 4.25. The average Bonchev–Trinajstić information content (AvgIpc) is 3.01. The molecule has 1 saturated heterocycles. The number of rotatable bonds is 4. The van der Waals surface area contributed by atoms with E-state index in [4.69, 9.17) is 4.74 Å². The number of piperidine rings is 1. The maximum absolute atomic E-state index is 12.5. The van der Waals surface area contributed by atoms with Crippen molar-refractivity contribution in [2.24, 2.45) is 0 Å². The molecule has 0 bridgehead atoms. The first-order valence-corrected chi connectivity index (χ1v) is 10.9. The van der Waals surface area contributed by atoms with Crippen LogP contribution in [-0.4, -0.2) is 43.2 Å². The van der Waals surface area contributed by atoms with E-state index in [0.29, 0.717) is 19.7 Å². The molecule has 0 unspecified atom stereocenters. The third-order valence-corrected chi connectivity index (χ3v) is 7.64. The monoisotopic (exact) mass is 362 g/mol. The highest BCUT2D eigenvalue weighted by Crippen LogP contribution is 2.43. The summed E-state index contributed by atoms with van der Waals surface area (Å²) in [6.07, 6.45) is 3.99. The second kappa shape index (κ2) is 6.41. The number of para-hydroxylation sites is 1. The standard InChI is InChI=1S/C19H26N2O3S/c1-2-3-14-25(22,23)21-11-9-19(10-12-21)18-16(8-13-24-19)15-6-4-5-7-17(15)20-18/h4-7,20H,2-3,8-14H2,1H3. The number of nitrogens with one attached hydrogen (secondary N) is 1. The van der Waals surface area contributed by atoms with Gasteiger partial charge in [-0.25, -0.2) is 12.7 Å². The molecule has 3 heterocycles. The first kappa shape index (κ1) is 17.1. The summed E-state index contributed by atoms with van der Waals surface area (Å²) in [5, 5.41) is 1.28. The molecule has 25 heavy (non-hydrogen) atoms. The molecule has 1 aromatic heterocycles. The van der Waals surface area contributed by atoms with E-state index >= 15 is 0 Å². The van der Waals surface area contributed by atoms with Crippen LogP contribution in [0, 0.1) is 0 Å². The van der Waals surface area contributed by atoms with Crippen LogP contribution in [0.3, 0.4) is 0 Å². The number of nitrogens with zero attached hydrogens (tertiary/aromatic N) is 1. The Kier molecular flexibility index (Phi) is 4.38. The van der Waals surface area contributed by atoms with Crippen molar-refractivity contribution in [2.75, 3.05) is 25.4 Å². The number of unbranched alkanes of at least 4 members (excludes halogenated alkanes) is 1. The van der Waals surface area contributed by atoms with Crippen LogP contribution in [0.5, 0.6) is 0 Å². The molecule has 136 valence electrons. The first-order valence-electron chi connectivity index (χ1n) is 9.27. The molecule has 0 radical (unpaired) electrons. The Hall–Kier alpha value is -1.37. The third-order valence-electron chi connectivity index (χ3n) is 5.68. The van der Waals surface area contributed by atoms with Crippen LogP contribution in [0.2, 0.25) is 0 Å². The Bertz CT molecular complexity index is 864. The van der Waals surface area contributed by atoms with Crippen LogP contribution in [0.4, 0.5) is 0 Å². The molecule has 2 aromatic rings. The van der Waals surface area contributed by atoms with Gasteiger partial charge in [-0.05, 0) is 37.3 Å². The van der Waals surface area contributed by atoms with Gasteiger partial charge in [0.2, 0.25) is 10.0 Å². The molecule has 2 aliphatic rings. The van der Waals surface area contributed by atoms with Crippen LogP contribution in [0.15, 0.2) is 24.3 Å². The minimum Gasteiger partial charge on any atom is -0.368 e. The molecule has 4 rings (SSSR count). The molecule has 2 aliphatic heterocycles. The Morgan fingerprint density at radius 1 is 1.24 bits per heavy atom. The van der Waals surface area contributed by atoms with Gasteiger partial charge < -0.3 is 9.72 Å². The molecule has 1 aromatic carbocycles. The molecule has 1 spiro atoms. The zero-order chi connectivity index (χ0) is 17.5. The van der Waals surface area contributed by atoms with E-state index in [-0.39, 0.29) is 11.4 Å². The second-order valence-corrected chi connectivity index (χ2v) is 9.27. The average molecular weight is 362 g/mol. The van der Waals surface area contributed by atoms with Crippen molar-refractivity contribution in [1.29, 1.82) is 0 Å². The van der Waals surface area contributed by atoms with Gasteiger partial charge in [-0.1, -0.05) is 31.5 Å². The number of hydrogen-bond acceptors (Lipinski definition) is 3. The van der Waals surface area contributed by atoms with Crippen LogP contribution in [-0.2, 0) is 26.8 Å². The maximum atomic E-state index is 12.5. The van der Waals surface area contributed by atoms with E-state index in [1.165, 1.54) is 16.6 Å². The minimum absolute atomic E-state index is 0.259. The highest BCUT2D eigenvalue weighted by Gasteiger charge is 2.44. The van der Waals surface area contributed by atoms with Crippen LogP contribution in [0.25, 0.3) is 10.9 Å². The van der Waals surface area contributed by atoms with Gasteiger partial charge in [-0.15, -0.1) is 0 Å². The van der Waals surface area contributed by atoms with Crippen LogP contribution < -0.4 is 0 Å². The molecule has 0 saturated carbocycles. The summed E-state index contributed by atoms with van der Waals surface area (Å²) in [6, 6.07) is 8.38. The highest BCUT2D eigenvalue weighted by atomic mass is 32.2. The van der Waals surface area contributed by atoms with E-state index < -0.39 is 10.0 Å². The lowest BCUT2D eigenvalue weighted by Crippen LogP contribution is -2.48. The van der Waals surface area contributed by atoms with Crippen molar-refractivity contribution in [2.45, 2.75) is 44.6 Å². The van der Waals surface area contributed by atoms with Crippen molar-refractivity contribution in [3.63, 3.8) is 0 Å². The SMILES string of the molecule is CCCCS(=O)(=O)N1CCC2(CC1)OCCc1c2[nH]c2ccccc12. The number of hydrogen-bond donors (Lipinski definition) is 1. The Morgan fingerprint density at radius 3 is 2.76 bits per heavy atom. The first-order chi connectivity index (χ1) is 12.1. The fourth-order valence-corrected chi connectivity index (χ4v) is 5.90. The van der Waals surface area contributed by atoms with Crippen molar-refractivity contribution in [1.82, 2.24) is 9.29 Å². The molecule has 0 atom stereocenters. The van der Waals surface area contributed by atoms with Gasteiger partial charge in [0, 0.05) is 24.0 Å². The lowest BCUT2D eigenvalue weighted by atomic mass is 9.84. The van der Waals surface area contributed by atoms with Crippen molar-refractivity contribution >= 4 is 20.9 Å². The number of ether oxygens (including phenoxy) is 1. The molecule has 1 N–H and O–H groups in total. The zero-order valence-corrected chi connectivity index (χ0v) is 15.6. The van der Waals surface area contributed by atoms with Gasteiger partial charge >= 0.3 is 0 Å². The van der Waals surface area contributed by atoms with Gasteiger partial charge in [0.25, 0.3) is 0 Å². The lowest BCUT2D eigenvalue weighted by Gasteiger charge is -2.43. The van der Waals surface area contributed by atoms with E-state index in [1.807, 2.05) is 13.0 Å². The molecular weight excluding hydrogens is 336 g/mol. The number of aromatic nitrogens is 1. The number of aromatic amines is 1. The summed E-state index contributed by atoms with van der Waals surface area (Å²) in [4.78, 5) is 3.57. The molecule has 1 fully saturated rings. The van der Waals surface area contributed by atoms with E-state index in [9.17, 15) is 8.42 Å². The van der Waals surface area contributed by atoms with Gasteiger partial charge in [-0.2, -0.15) is 0 Å². The normalized spacial score (nSPS) is 20.8. The summed E-state index contributed by atoms with van der Waals surface area (Å²) in [5.74, 6) is 0.259. The molecular formula is C19H26N2O3S. The fraction of sp³-hybridized carbons (Fsp3) is 0.579. The number of benzene rings is 1. The van der Waals surface area contributed by atoms with Crippen LogP contribution >= 0.6 is 0 Å². The number of sulfonamides is 1. The van der Waals surface area contributed by atoms with Gasteiger partial charge in [0.1, 0.15) is 5.60 Å². The van der Waals surface area contributed by atoms with Gasteiger partial charge in [-0.3, -0.25) is 0 Å². The maximum Gasteiger partial charge on any atom is 0.214 e. The van der Waals surface area contributed by atoms with Gasteiger partial charge in [0.15, 0.2) is 0 Å². The van der Waals surface area contributed by atoms with Crippen LogP contribution in [0.1, 0.15) is 43.9 Å². The number of fused-ring (bicyclic) bond motifs is 4. The quantitative estimate of drug-likeness (QED) is 0.909. The summed E-state index contributed by atoms with van der Waals surface area (Å²) in [7, 11) is -3.14. The smallest absolute Gasteiger partial charge is 0.214 e. The second-order valence-electron chi connectivity index (χ2n) is 7.19. The molecule has 6 heteroatoms. The Balaban J connectivity index is 1.60. The predicted octanol–water partition coefficient (Wildman–Crippen LogP) is 3.16.